The highest BCUT2D eigenvalue weighted by molar-refractivity contribution is 6.31. The first-order chi connectivity index (χ1) is 14.6. The van der Waals surface area contributed by atoms with Gasteiger partial charge in [-0.15, -0.1) is 0 Å². The van der Waals surface area contributed by atoms with Crippen LogP contribution < -0.4 is 14.8 Å². The number of ether oxygens (including phenoxy) is 2. The Hall–Kier alpha value is -1.72. The molecule has 1 N–H and O–H groups in total. The minimum absolute atomic E-state index is 0.258. The molecule has 0 radical (unpaired) electrons. The Morgan fingerprint density at radius 2 is 2.03 bits per heavy atom. The predicted molar refractivity (Wildman–Crippen MR) is 115 cm³/mol. The summed E-state index contributed by atoms with van der Waals surface area (Å²) in [5, 5.41) is 4.21. The van der Waals surface area contributed by atoms with Gasteiger partial charge in [-0.3, -0.25) is 4.79 Å². The van der Waals surface area contributed by atoms with E-state index in [-0.39, 0.29) is 6.79 Å². The van der Waals surface area contributed by atoms with Crippen molar-refractivity contribution < 1.29 is 14.3 Å². The molecule has 30 heavy (non-hydrogen) atoms. The predicted octanol–water partition coefficient (Wildman–Crippen LogP) is 4.14. The van der Waals surface area contributed by atoms with Gasteiger partial charge in [0.05, 0.1) is 0 Å². The average molecular weight is 429 g/mol. The second kappa shape index (κ2) is 7.16. The van der Waals surface area contributed by atoms with Gasteiger partial charge in [0.1, 0.15) is 0 Å². The van der Waals surface area contributed by atoms with Crippen LogP contribution in [0.3, 0.4) is 0 Å². The molecule has 2 saturated carbocycles. The van der Waals surface area contributed by atoms with Crippen LogP contribution >= 0.6 is 11.6 Å². The lowest BCUT2D eigenvalue weighted by Crippen LogP contribution is -2.39. The molecule has 4 atom stereocenters. The van der Waals surface area contributed by atoms with Crippen molar-refractivity contribution in [3.8, 4) is 11.5 Å². The van der Waals surface area contributed by atoms with Crippen LogP contribution in [0.15, 0.2) is 24.3 Å². The average Bonchev–Trinajstić information content (AvgIpc) is 2.95. The molecule has 160 valence electrons. The number of nitrogens with one attached hydrogen (secondary N) is 1. The summed E-state index contributed by atoms with van der Waals surface area (Å²) in [7, 11) is 0. The van der Waals surface area contributed by atoms with E-state index in [1.54, 1.807) is 0 Å². The zero-order valence-electron chi connectivity index (χ0n) is 17.2. The van der Waals surface area contributed by atoms with Crippen molar-refractivity contribution >= 4 is 17.5 Å². The third kappa shape index (κ3) is 3.04. The maximum absolute atomic E-state index is 12.6. The van der Waals surface area contributed by atoms with Gasteiger partial charge in [-0.1, -0.05) is 23.8 Å². The first-order valence-corrected chi connectivity index (χ1v) is 11.8. The fourth-order valence-corrected chi connectivity index (χ4v) is 6.74. The zero-order chi connectivity index (χ0) is 20.3. The SMILES string of the molecule is O=C1CC[C@H](CCNCc2cc3c(cc2Cl)OCO3)N1C[C@@H]1C[C@@H]2C=C[C@@H]1C21CC1. The summed E-state index contributed by atoms with van der Waals surface area (Å²) in [6, 6.07) is 4.16. The Morgan fingerprint density at radius 1 is 1.20 bits per heavy atom. The molecular weight excluding hydrogens is 400 g/mol. The van der Waals surface area contributed by atoms with Gasteiger partial charge in [0.15, 0.2) is 11.5 Å². The Bertz CT molecular complexity index is 897. The van der Waals surface area contributed by atoms with E-state index in [4.69, 9.17) is 21.1 Å². The molecule has 1 amide bonds. The van der Waals surface area contributed by atoms with Crippen LogP contribution in [0.1, 0.15) is 44.1 Å². The normalized spacial score (nSPS) is 32.0. The van der Waals surface area contributed by atoms with E-state index in [0.717, 1.165) is 49.1 Å². The minimum atomic E-state index is 0.258. The summed E-state index contributed by atoms with van der Waals surface area (Å²) in [5.74, 6) is 4.02. The van der Waals surface area contributed by atoms with E-state index in [1.807, 2.05) is 12.1 Å². The number of amides is 1. The van der Waals surface area contributed by atoms with Gasteiger partial charge in [0.25, 0.3) is 0 Å². The zero-order valence-corrected chi connectivity index (χ0v) is 18.0. The summed E-state index contributed by atoms with van der Waals surface area (Å²) in [5.41, 5.74) is 1.62. The molecule has 6 rings (SSSR count). The third-order valence-electron chi connectivity index (χ3n) is 8.24. The van der Waals surface area contributed by atoms with Crippen LogP contribution in [-0.4, -0.2) is 36.7 Å². The lowest BCUT2D eigenvalue weighted by molar-refractivity contribution is -0.129. The Balaban J connectivity index is 1.03. The van der Waals surface area contributed by atoms with Crippen LogP contribution in [0.2, 0.25) is 5.02 Å². The minimum Gasteiger partial charge on any atom is -0.454 e. The molecule has 2 bridgehead atoms. The van der Waals surface area contributed by atoms with E-state index in [1.165, 1.54) is 19.3 Å². The van der Waals surface area contributed by atoms with E-state index in [0.29, 0.717) is 47.0 Å². The number of halogens is 1. The topological polar surface area (TPSA) is 50.8 Å². The maximum Gasteiger partial charge on any atom is 0.231 e. The number of nitrogens with zero attached hydrogens (tertiary/aromatic N) is 1. The first-order valence-electron chi connectivity index (χ1n) is 11.4. The van der Waals surface area contributed by atoms with E-state index in [9.17, 15) is 4.79 Å². The molecule has 5 aliphatic rings. The molecule has 6 heteroatoms. The monoisotopic (exact) mass is 428 g/mol. The second-order valence-corrected chi connectivity index (χ2v) is 10.2. The number of carbonyl (C=O) groups excluding carboxylic acids is 1. The number of benzene rings is 1. The fraction of sp³-hybridized carbons (Fsp3) is 0.625. The number of fused-ring (bicyclic) bond motifs is 1. The summed E-state index contributed by atoms with van der Waals surface area (Å²) < 4.78 is 10.8. The highest BCUT2D eigenvalue weighted by Gasteiger charge is 2.62. The van der Waals surface area contributed by atoms with Crippen molar-refractivity contribution in [2.24, 2.45) is 23.2 Å². The first kappa shape index (κ1) is 19.0. The molecule has 3 fully saturated rings. The van der Waals surface area contributed by atoms with Gasteiger partial charge in [-0.2, -0.15) is 0 Å². The van der Waals surface area contributed by atoms with Gasteiger partial charge in [0.2, 0.25) is 12.7 Å². The fourth-order valence-electron chi connectivity index (χ4n) is 6.52. The number of likely N-dealkylation sites (tertiary alicyclic amines) is 1. The molecule has 0 unspecified atom stereocenters. The largest absolute Gasteiger partial charge is 0.454 e. The Kier molecular flexibility index (Phi) is 4.54. The van der Waals surface area contributed by atoms with Gasteiger partial charge < -0.3 is 19.7 Å². The number of carbonyl (C=O) groups is 1. The number of hydrogen-bond acceptors (Lipinski definition) is 4. The van der Waals surface area contributed by atoms with Gasteiger partial charge >= 0.3 is 0 Å². The van der Waals surface area contributed by atoms with Crippen LogP contribution in [-0.2, 0) is 11.3 Å². The maximum atomic E-state index is 12.6. The van der Waals surface area contributed by atoms with Crippen LogP contribution in [0.4, 0.5) is 0 Å². The number of allylic oxidation sites excluding steroid dienone is 2. The van der Waals surface area contributed by atoms with Crippen molar-refractivity contribution in [2.75, 3.05) is 19.9 Å². The molecule has 5 nitrogen and oxygen atoms in total. The summed E-state index contributed by atoms with van der Waals surface area (Å²) in [4.78, 5) is 14.8. The highest BCUT2D eigenvalue weighted by atomic mass is 35.5. The summed E-state index contributed by atoms with van der Waals surface area (Å²) >= 11 is 6.38. The van der Waals surface area contributed by atoms with Crippen molar-refractivity contribution in [3.05, 3.63) is 34.9 Å². The van der Waals surface area contributed by atoms with Crippen molar-refractivity contribution in [2.45, 2.75) is 51.1 Å². The quantitative estimate of drug-likeness (QED) is 0.523. The van der Waals surface area contributed by atoms with E-state index < -0.39 is 0 Å². The molecule has 3 aliphatic carbocycles. The summed E-state index contributed by atoms with van der Waals surface area (Å²) in [6.07, 6.45) is 11.7. The summed E-state index contributed by atoms with van der Waals surface area (Å²) in [6.45, 7) is 2.79. The molecule has 2 aliphatic heterocycles. The van der Waals surface area contributed by atoms with Gasteiger partial charge in [0, 0.05) is 36.6 Å². The highest BCUT2D eigenvalue weighted by Crippen LogP contribution is 2.70. The Morgan fingerprint density at radius 3 is 2.83 bits per heavy atom. The Labute approximate surface area is 182 Å². The molecule has 1 aromatic rings. The van der Waals surface area contributed by atoms with Crippen molar-refractivity contribution in [3.63, 3.8) is 0 Å². The number of hydrogen-bond donors (Lipinski definition) is 1. The third-order valence-corrected chi connectivity index (χ3v) is 8.59. The smallest absolute Gasteiger partial charge is 0.231 e. The lowest BCUT2D eigenvalue weighted by Gasteiger charge is -2.30. The molecule has 1 aromatic carbocycles. The number of rotatable bonds is 7. The molecule has 1 spiro atoms. The molecule has 0 aromatic heterocycles. The van der Waals surface area contributed by atoms with Crippen molar-refractivity contribution in [1.82, 2.24) is 10.2 Å². The van der Waals surface area contributed by atoms with Crippen LogP contribution in [0.5, 0.6) is 11.5 Å². The lowest BCUT2D eigenvalue weighted by atomic mass is 9.88. The van der Waals surface area contributed by atoms with E-state index >= 15 is 0 Å². The molecule has 1 saturated heterocycles. The standard InChI is InChI=1S/C24H29ClN2O3/c25-20-11-22-21(29-14-30-22)10-15(20)12-26-8-5-18-2-4-23(28)27(18)13-16-9-17-1-3-19(16)24(17)6-7-24/h1,3,10-11,16-19,26H,2,4-9,12-14H2/t16-,17-,18+,19-/m0/s1. The van der Waals surface area contributed by atoms with Gasteiger partial charge in [-0.25, -0.2) is 0 Å². The van der Waals surface area contributed by atoms with Crippen LogP contribution in [0, 0.1) is 23.2 Å². The second-order valence-electron chi connectivity index (χ2n) is 9.75. The van der Waals surface area contributed by atoms with Crippen molar-refractivity contribution in [1.29, 1.82) is 0 Å². The molecule has 2 heterocycles. The van der Waals surface area contributed by atoms with Gasteiger partial charge in [-0.05, 0) is 73.4 Å². The van der Waals surface area contributed by atoms with E-state index in [2.05, 4.69) is 22.4 Å². The molecular formula is C24H29ClN2O3. The van der Waals surface area contributed by atoms with Crippen LogP contribution in [0.25, 0.3) is 0 Å².